The third kappa shape index (κ3) is 4.83. The Labute approximate surface area is 170 Å². The van der Waals surface area contributed by atoms with Gasteiger partial charge < -0.3 is 20.1 Å². The number of azo groups is 1. The molecule has 0 saturated heterocycles. The van der Waals surface area contributed by atoms with E-state index in [-0.39, 0.29) is 22.1 Å². The first-order valence-electron chi connectivity index (χ1n) is 7.40. The van der Waals surface area contributed by atoms with E-state index in [0.29, 0.717) is 21.2 Å². The molecule has 0 spiro atoms. The number of hydrogen-bond donors (Lipinski definition) is 3. The van der Waals surface area contributed by atoms with Crippen molar-refractivity contribution in [2.45, 2.75) is 6.36 Å². The number of halogens is 5. The highest BCUT2D eigenvalue weighted by molar-refractivity contribution is 7.80. The first-order valence-corrected chi connectivity index (χ1v) is 8.57. The fraction of sp³-hybridized carbons (Fsp3) is 0.0625. The maximum Gasteiger partial charge on any atom is 0.573 e. The average molecular weight is 449 g/mol. The number of fused-ring (bicyclic) bond motifs is 1. The molecule has 1 heterocycles. The number of anilines is 1. The number of thiocarbonyl (C=S) groups is 1. The van der Waals surface area contributed by atoms with Crippen LogP contribution in [0.1, 0.15) is 0 Å². The number of aromatic nitrogens is 1. The second kappa shape index (κ2) is 7.82. The summed E-state index contributed by atoms with van der Waals surface area (Å²) >= 11 is 16.8. The van der Waals surface area contributed by atoms with Gasteiger partial charge in [0.05, 0.1) is 15.6 Å². The van der Waals surface area contributed by atoms with E-state index in [2.05, 4.69) is 25.3 Å². The molecule has 0 bridgehead atoms. The van der Waals surface area contributed by atoms with Gasteiger partial charge in [-0.05, 0) is 48.6 Å². The zero-order chi connectivity index (χ0) is 20.5. The largest absolute Gasteiger partial charge is 0.573 e. The summed E-state index contributed by atoms with van der Waals surface area (Å²) in [6.45, 7) is 0. The SMILES string of the molecule is Oc1[nH]c2ccc(OC(F)(F)F)cc2c1N=NC(=S)Nc1ccc(Cl)c(Cl)c1. The summed E-state index contributed by atoms with van der Waals surface area (Å²) in [7, 11) is 0. The van der Waals surface area contributed by atoms with Gasteiger partial charge in [-0.1, -0.05) is 23.2 Å². The minimum absolute atomic E-state index is 0.0742. The van der Waals surface area contributed by atoms with Crippen molar-refractivity contribution in [1.29, 1.82) is 0 Å². The quantitative estimate of drug-likeness (QED) is 0.313. The molecule has 0 aliphatic heterocycles. The normalized spacial score (nSPS) is 11.9. The van der Waals surface area contributed by atoms with E-state index in [4.69, 9.17) is 35.4 Å². The van der Waals surface area contributed by atoms with Gasteiger partial charge >= 0.3 is 6.36 Å². The Kier molecular flexibility index (Phi) is 5.64. The van der Waals surface area contributed by atoms with E-state index in [9.17, 15) is 18.3 Å². The molecule has 0 aliphatic rings. The Hall–Kier alpha value is -2.56. The van der Waals surface area contributed by atoms with Crippen LogP contribution in [0.5, 0.6) is 11.6 Å². The molecule has 0 radical (unpaired) electrons. The molecule has 1 aromatic heterocycles. The Morgan fingerprint density at radius 2 is 1.89 bits per heavy atom. The van der Waals surface area contributed by atoms with Crippen molar-refractivity contribution in [1.82, 2.24) is 4.98 Å². The number of rotatable bonds is 3. The van der Waals surface area contributed by atoms with Crippen LogP contribution in [0.15, 0.2) is 46.6 Å². The summed E-state index contributed by atoms with van der Waals surface area (Å²) in [5.41, 5.74) is 0.743. The molecule has 3 aromatic rings. The van der Waals surface area contributed by atoms with E-state index < -0.39 is 12.1 Å². The summed E-state index contributed by atoms with van der Waals surface area (Å²) in [5, 5.41) is 21.0. The Bertz CT molecular complexity index is 1090. The third-order valence-electron chi connectivity index (χ3n) is 3.37. The molecule has 0 fully saturated rings. The monoisotopic (exact) mass is 448 g/mol. The maximum absolute atomic E-state index is 12.4. The van der Waals surface area contributed by atoms with E-state index in [1.807, 2.05) is 0 Å². The Balaban J connectivity index is 1.83. The summed E-state index contributed by atoms with van der Waals surface area (Å²) in [4.78, 5) is 2.57. The molecule has 0 saturated carbocycles. The highest BCUT2D eigenvalue weighted by Gasteiger charge is 2.31. The van der Waals surface area contributed by atoms with Gasteiger partial charge in [0, 0.05) is 11.1 Å². The molecule has 0 atom stereocenters. The lowest BCUT2D eigenvalue weighted by Crippen LogP contribution is -2.16. The summed E-state index contributed by atoms with van der Waals surface area (Å²) in [6.07, 6.45) is -4.85. The van der Waals surface area contributed by atoms with Gasteiger partial charge in [0.15, 0.2) is 5.69 Å². The van der Waals surface area contributed by atoms with Gasteiger partial charge in [-0.3, -0.25) is 0 Å². The molecular weight excluding hydrogens is 440 g/mol. The fourth-order valence-corrected chi connectivity index (χ4v) is 2.72. The van der Waals surface area contributed by atoms with Crippen molar-refractivity contribution < 1.29 is 23.0 Å². The zero-order valence-corrected chi connectivity index (χ0v) is 15.8. The van der Waals surface area contributed by atoms with Gasteiger partial charge in [0.1, 0.15) is 5.75 Å². The van der Waals surface area contributed by atoms with Crippen LogP contribution < -0.4 is 10.1 Å². The van der Waals surface area contributed by atoms with E-state index in [1.54, 1.807) is 12.1 Å². The fourth-order valence-electron chi connectivity index (χ4n) is 2.26. The lowest BCUT2D eigenvalue weighted by atomic mass is 10.2. The van der Waals surface area contributed by atoms with Crippen LogP contribution in [0.2, 0.25) is 10.0 Å². The summed E-state index contributed by atoms with van der Waals surface area (Å²) < 4.78 is 41.1. The van der Waals surface area contributed by atoms with Gasteiger partial charge in [-0.2, -0.15) is 0 Å². The number of aromatic amines is 1. The molecule has 0 aliphatic carbocycles. The summed E-state index contributed by atoms with van der Waals surface area (Å²) in [5.74, 6) is -0.854. The minimum Gasteiger partial charge on any atom is -0.493 e. The van der Waals surface area contributed by atoms with E-state index in [0.717, 1.165) is 12.1 Å². The van der Waals surface area contributed by atoms with E-state index >= 15 is 0 Å². The van der Waals surface area contributed by atoms with Crippen LogP contribution in [0.3, 0.4) is 0 Å². The Morgan fingerprint density at radius 1 is 1.14 bits per heavy atom. The highest BCUT2D eigenvalue weighted by atomic mass is 35.5. The number of nitrogens with zero attached hydrogens (tertiary/aromatic N) is 2. The maximum atomic E-state index is 12.4. The van der Waals surface area contributed by atoms with Gasteiger partial charge in [0.2, 0.25) is 11.0 Å². The van der Waals surface area contributed by atoms with E-state index in [1.165, 1.54) is 12.1 Å². The number of hydrogen-bond acceptors (Lipinski definition) is 4. The number of alkyl halides is 3. The molecule has 3 rings (SSSR count). The molecule has 3 N–H and O–H groups in total. The van der Waals surface area contributed by atoms with Crippen molar-refractivity contribution in [3.8, 4) is 11.6 Å². The number of nitrogens with one attached hydrogen (secondary N) is 2. The molecule has 146 valence electrons. The van der Waals surface area contributed by atoms with Gasteiger partial charge in [-0.25, -0.2) is 0 Å². The molecular formula is C16H9Cl2F3N4O2S. The average Bonchev–Trinajstić information content (AvgIpc) is 2.89. The van der Waals surface area contributed by atoms with Crippen molar-refractivity contribution in [2.24, 2.45) is 10.2 Å². The van der Waals surface area contributed by atoms with Crippen molar-refractivity contribution in [3.05, 3.63) is 46.4 Å². The lowest BCUT2D eigenvalue weighted by Gasteiger charge is -2.08. The smallest absolute Gasteiger partial charge is 0.493 e. The van der Waals surface area contributed by atoms with Gasteiger partial charge in [-0.15, -0.1) is 23.4 Å². The van der Waals surface area contributed by atoms with Crippen molar-refractivity contribution >= 4 is 62.8 Å². The second-order valence-electron chi connectivity index (χ2n) is 5.34. The molecule has 12 heteroatoms. The van der Waals surface area contributed by atoms with Crippen LogP contribution in [-0.2, 0) is 0 Å². The number of aromatic hydroxyl groups is 1. The number of H-pyrrole nitrogens is 1. The van der Waals surface area contributed by atoms with Crippen molar-refractivity contribution in [2.75, 3.05) is 5.32 Å². The molecule has 6 nitrogen and oxygen atoms in total. The van der Waals surface area contributed by atoms with Crippen LogP contribution in [0.4, 0.5) is 24.5 Å². The lowest BCUT2D eigenvalue weighted by molar-refractivity contribution is -0.274. The van der Waals surface area contributed by atoms with Crippen LogP contribution in [0.25, 0.3) is 10.9 Å². The molecule has 0 unspecified atom stereocenters. The van der Waals surface area contributed by atoms with Crippen molar-refractivity contribution in [3.63, 3.8) is 0 Å². The third-order valence-corrected chi connectivity index (χ3v) is 4.29. The second-order valence-corrected chi connectivity index (χ2v) is 6.54. The first-order chi connectivity index (χ1) is 13.1. The molecule has 28 heavy (non-hydrogen) atoms. The predicted octanol–water partition coefficient (Wildman–Crippen LogP) is 6.56. The van der Waals surface area contributed by atoms with Crippen LogP contribution >= 0.6 is 35.4 Å². The van der Waals surface area contributed by atoms with Crippen LogP contribution in [0, 0.1) is 0 Å². The topological polar surface area (TPSA) is 82.0 Å². The predicted molar refractivity (Wildman–Crippen MR) is 104 cm³/mol. The highest BCUT2D eigenvalue weighted by Crippen LogP contribution is 2.38. The van der Waals surface area contributed by atoms with Crippen LogP contribution in [-0.4, -0.2) is 21.6 Å². The first kappa shape index (κ1) is 20.2. The standard InChI is InChI=1S/C16H9Cl2F3N4O2S/c17-10-3-1-7(5-11(10)18)22-15(28)25-24-13-9-6-8(27-16(19,20)21)2-4-12(9)23-14(13)26/h1-6,23,26H,(H,22,28). The Morgan fingerprint density at radius 3 is 2.57 bits per heavy atom. The molecule has 0 amide bonds. The number of ether oxygens (including phenoxy) is 1. The number of benzene rings is 2. The minimum atomic E-state index is -4.85. The zero-order valence-electron chi connectivity index (χ0n) is 13.5. The molecule has 2 aromatic carbocycles. The summed E-state index contributed by atoms with van der Waals surface area (Å²) in [6, 6.07) is 8.17. The van der Waals surface area contributed by atoms with Gasteiger partial charge in [0.25, 0.3) is 0 Å².